The number of nitrogens with zero attached hydrogens (tertiary/aromatic N) is 4. The van der Waals surface area contributed by atoms with E-state index in [2.05, 4.69) is 174 Å². The molecule has 702 valence electrons. The van der Waals surface area contributed by atoms with Gasteiger partial charge in [-0.3, -0.25) is 19.5 Å². The van der Waals surface area contributed by atoms with Crippen LogP contribution in [0.2, 0.25) is 30.1 Å². The van der Waals surface area contributed by atoms with E-state index in [4.69, 9.17) is 133 Å². The number of benzene rings is 9. The van der Waals surface area contributed by atoms with Crippen LogP contribution in [0, 0.1) is 30.8 Å². The fourth-order valence-corrected chi connectivity index (χ4v) is 22.6. The summed E-state index contributed by atoms with van der Waals surface area (Å²) in [6.45, 7) is 18.9. The van der Waals surface area contributed by atoms with E-state index in [0.29, 0.717) is 34.0 Å². The van der Waals surface area contributed by atoms with Crippen molar-refractivity contribution < 1.29 is 124 Å². The fourth-order valence-electron chi connectivity index (χ4n) is 19.7. The van der Waals surface area contributed by atoms with Crippen LogP contribution >= 0.6 is 138 Å². The van der Waals surface area contributed by atoms with Crippen molar-refractivity contribution in [3.8, 4) is 34.5 Å². The average molecular weight is 2320 g/mol. The number of phenolic OH excluding ortho intramolecular Hbond substituents is 2. The largest absolute Gasteiger partial charge is 1.00 e. The van der Waals surface area contributed by atoms with E-state index in [0.717, 1.165) is 211 Å². The second-order valence-corrected chi connectivity index (χ2v) is 41.7. The average Bonchev–Trinajstić information content (AvgIpc) is 1.63. The quantitative estimate of drug-likeness (QED) is 0.0147. The number of likely N-dealkylation sites (tertiary alicyclic amines) is 2. The summed E-state index contributed by atoms with van der Waals surface area (Å²) in [6.07, 6.45) is 24.2. The van der Waals surface area contributed by atoms with Gasteiger partial charge in [0.25, 0.3) is 0 Å². The smallest absolute Gasteiger partial charge is 1.00 e. The van der Waals surface area contributed by atoms with Gasteiger partial charge in [-0.1, -0.05) is 191 Å². The van der Waals surface area contributed by atoms with E-state index in [1.54, 1.807) is 24.3 Å². The Kier molecular flexibility index (Phi) is 44.1. The first-order valence-electron chi connectivity index (χ1n) is 45.2. The number of hydrogen-bond acceptors (Lipinski definition) is 16. The van der Waals surface area contributed by atoms with Crippen LogP contribution in [0.5, 0.6) is 34.5 Å². The number of nitrogens with one attached hydrogen (secondary N) is 1. The zero-order valence-electron chi connectivity index (χ0n) is 74.9. The van der Waals surface area contributed by atoms with Crippen molar-refractivity contribution in [2.75, 3.05) is 104 Å². The van der Waals surface area contributed by atoms with Gasteiger partial charge in [0.15, 0.2) is 5.56 Å². The van der Waals surface area contributed by atoms with Crippen LogP contribution in [0.3, 0.4) is 0 Å². The number of carbonyl (C=O) groups excluding carboxylic acids is 2. The molecule has 4 saturated carbocycles. The summed E-state index contributed by atoms with van der Waals surface area (Å²) in [5.41, 5.74) is 15.4. The second-order valence-electron chi connectivity index (χ2n) is 35.8. The fraction of sp³-hybridized carbons (Fsp3) is 0.423. The van der Waals surface area contributed by atoms with Gasteiger partial charge in [0.05, 0.1) is 39.3 Å². The number of aliphatic hydroxyl groups is 1. The Bertz CT molecular complexity index is 5200. The summed E-state index contributed by atoms with van der Waals surface area (Å²) in [5.74, 6) is 8.26. The molecular formula is C104H118Cl8I3KN6O10. The molecule has 16 nitrogen and oxygen atoms in total. The molecule has 8 aliphatic heterocycles. The maximum absolute atomic E-state index is 10.8. The number of hydrogen-bond donors (Lipinski definition) is 5. The zero-order chi connectivity index (χ0) is 91.7. The monoisotopic (exact) mass is 2310 g/mol. The molecule has 12 aliphatic rings. The van der Waals surface area contributed by atoms with Gasteiger partial charge in [0.1, 0.15) is 46.9 Å². The van der Waals surface area contributed by atoms with Crippen molar-refractivity contribution in [3.63, 3.8) is 0 Å². The first-order valence-corrected chi connectivity index (χ1v) is 50.5. The Balaban J connectivity index is 0.000000147. The van der Waals surface area contributed by atoms with E-state index < -0.39 is 11.0 Å². The van der Waals surface area contributed by atoms with Gasteiger partial charge in [-0.05, 0) is 336 Å². The summed E-state index contributed by atoms with van der Waals surface area (Å²) in [6, 6.07) is 66.1. The number of rotatable bonds is 12. The summed E-state index contributed by atoms with van der Waals surface area (Å²) in [4.78, 5) is 30.8. The number of halogens is 11. The van der Waals surface area contributed by atoms with E-state index in [9.17, 15) is 9.59 Å². The van der Waals surface area contributed by atoms with Crippen molar-refractivity contribution in [1.82, 2.24) is 24.9 Å². The first kappa shape index (κ1) is 109. The maximum Gasteiger partial charge on any atom is 1.00 e. The maximum atomic E-state index is 10.8. The van der Waals surface area contributed by atoms with Gasteiger partial charge in [0, 0.05) is 139 Å². The molecule has 1 unspecified atom stereocenters. The third-order valence-corrected chi connectivity index (χ3v) is 30.3. The number of ketones is 1. The molecule has 4 aliphatic carbocycles. The number of nitrogens with two attached hydrogens (primary N) is 1. The van der Waals surface area contributed by atoms with Crippen molar-refractivity contribution in [2.45, 2.75) is 157 Å². The minimum Gasteiger partial charge on any atom is -1.00 e. The number of aromatic hydroxyl groups is 2. The topological polar surface area (TPSA) is 192 Å². The Morgan fingerprint density at radius 1 is 0.523 bits per heavy atom. The number of anilines is 1. The normalized spacial score (nSPS) is 21.1. The number of nitrogen functional groups attached to an aromatic ring is 1. The van der Waals surface area contributed by atoms with Crippen LogP contribution in [0.25, 0.3) is 0 Å². The molecule has 132 heavy (non-hydrogen) atoms. The molecule has 7 fully saturated rings. The third kappa shape index (κ3) is 31.8. The number of aliphatic hydroxyl groups excluding tert-OH is 1. The Hall–Kier alpha value is -3.89. The summed E-state index contributed by atoms with van der Waals surface area (Å²) in [7, 11) is 0. The number of fused-ring (bicyclic) bond motifs is 10. The van der Waals surface area contributed by atoms with E-state index in [1.807, 2.05) is 77.2 Å². The molecular weight excluding hydrogens is 2200 g/mol. The Morgan fingerprint density at radius 2 is 0.962 bits per heavy atom. The summed E-state index contributed by atoms with van der Waals surface area (Å²) >= 11 is 49.7. The number of Topliss-reactive ketones (excluding diaryl/α,β-unsaturated/α-hetero) is 1. The molecule has 6 N–H and O–H groups in total. The standard InChI is InChI=1S/C19H19ClINO.C19H24ClNO.C19H20ClNO.C13H17NO.C12H14ClNO.C7H10O.C6H4ClIO.C6H6ClNO.C3H4Cl2O2.HI.K/c20-17-6-7-19(18(21)12-17)23-14-16-8-10-22(11-9-16)13-15-4-2-1-3-5-15;20-15-3-4-18-16(11-15)19(12-22-18)5-7-21(8-6-19)17-10-13-1-2-14(17)9-13;20-16-6-7-18-17(12-16)19(14-22-18)8-10-21(11-9-19)13-15-4-2-1-3-5-15;15-11-13-6-8-14(9-7-13)10-12-4-2-1-3-5-12;13-9-1-2-11-10(7-9)12(8-15-11)3-5-14-6-4-12;8-7-4-5-1-2-6(7)3-5;2*7-4-1-2-6(9)5(8)3-4;1-2(4)7-3(5)6;;/h1-8,12H,9-11,13-14H2;3-4,11,13-14,17H,1-2,5-10,12H2;1-7,12H,8-11,13-14H2;1-6,15H,7-11H2;1-2,7,14H,3-6,8H2;5-6H,1-4H2;1-3,9H;1-3,9H,8H2;2H,1H3;1H;/q;;;;;;;;;;+1/p-1/t;13-,14+,17-;;;;5-,6+;;;;;/m.1...1...../s1. The molecule has 9 aromatic carbocycles. The SMILES string of the molecule is CC(Cl)OC(=O)Cl.Clc1ccc(OCC2=CCN(Cc3ccccc3)CC2)c(I)c1.Clc1ccc2c(c1)C1(CCN(Cc3ccccc3)CC1)CO2.Clc1ccc2c(c1)C1(CCN([C@@H]3C[C@@H]4CC[C@H]3C4)CC1)CO2.Clc1ccc2c(c1)C1(CCNCC1)CO2.Nc1cc(Cl)ccc1O.O=C1C[C@@H]2CC[C@H]1C2.OCC1=CCN(Cc2ccccc2)CC1.Oc1ccc(Cl)cc1I.[I-].[K+]. The number of phenols is 2. The summed E-state index contributed by atoms with van der Waals surface area (Å²) < 4.78 is 29.6. The molecule has 0 amide bonds. The molecule has 6 atom stereocenters. The number of piperidine rings is 3. The van der Waals surface area contributed by atoms with Crippen LogP contribution in [-0.4, -0.2) is 156 Å². The summed E-state index contributed by atoms with van der Waals surface area (Å²) in [5, 5.41) is 34.6. The second kappa shape index (κ2) is 53.6. The number of carbonyl (C=O) groups is 2. The van der Waals surface area contributed by atoms with Gasteiger partial charge in [-0.25, -0.2) is 4.79 Å². The van der Waals surface area contributed by atoms with E-state index >= 15 is 0 Å². The molecule has 0 radical (unpaired) electrons. The van der Waals surface area contributed by atoms with Crippen molar-refractivity contribution in [1.29, 1.82) is 0 Å². The molecule has 4 bridgehead atoms. The van der Waals surface area contributed by atoms with E-state index in [-0.39, 0.29) is 110 Å². The molecule has 3 saturated heterocycles. The molecule has 9 aromatic rings. The predicted molar refractivity (Wildman–Crippen MR) is 546 cm³/mol. The van der Waals surface area contributed by atoms with Crippen LogP contribution < -0.4 is 105 Å². The van der Waals surface area contributed by atoms with Gasteiger partial charge < -0.3 is 78.9 Å². The zero-order valence-corrected chi connectivity index (χ0v) is 90.6. The van der Waals surface area contributed by atoms with Gasteiger partial charge in [-0.2, -0.15) is 0 Å². The minimum atomic E-state index is -0.873. The molecule has 8 heterocycles. The van der Waals surface area contributed by atoms with Crippen molar-refractivity contribution in [2.24, 2.45) is 23.7 Å². The molecule has 3 spiro atoms. The van der Waals surface area contributed by atoms with Crippen molar-refractivity contribution >= 4 is 155 Å². The first-order chi connectivity index (χ1) is 62.8. The Morgan fingerprint density at radius 3 is 1.34 bits per heavy atom. The van der Waals surface area contributed by atoms with Crippen LogP contribution in [0.1, 0.15) is 143 Å². The van der Waals surface area contributed by atoms with E-state index in [1.165, 1.54) is 134 Å². The predicted octanol–water partition coefficient (Wildman–Crippen LogP) is 19.4. The molecule has 28 heteroatoms. The number of alkyl halides is 1. The third-order valence-electron chi connectivity index (χ3n) is 27.0. The molecule has 21 rings (SSSR count). The number of ether oxygens (including phenoxy) is 5. The van der Waals surface area contributed by atoms with Crippen LogP contribution in [0.4, 0.5) is 10.5 Å². The molecule has 0 aromatic heterocycles. The van der Waals surface area contributed by atoms with Crippen molar-refractivity contribution in [3.05, 3.63) is 294 Å². The van der Waals surface area contributed by atoms with Crippen LogP contribution in [0.15, 0.2) is 223 Å². The van der Waals surface area contributed by atoms with Crippen LogP contribution in [-0.2, 0) is 45.4 Å². The minimum absolute atomic E-state index is 0. The Labute approximate surface area is 906 Å². The van der Waals surface area contributed by atoms with Gasteiger partial charge >= 0.3 is 56.8 Å². The van der Waals surface area contributed by atoms with Gasteiger partial charge in [0.2, 0.25) is 0 Å². The van der Waals surface area contributed by atoms with Gasteiger partial charge in [-0.15, -0.1) is 0 Å².